The third-order valence-electron chi connectivity index (χ3n) is 4.96. The fourth-order valence-corrected chi connectivity index (χ4v) is 5.50. The molecule has 1 atom stereocenters. The lowest BCUT2D eigenvalue weighted by atomic mass is 10.1. The van der Waals surface area contributed by atoms with E-state index in [1.807, 2.05) is 6.07 Å². The normalized spacial score (nSPS) is 19.4. The van der Waals surface area contributed by atoms with Gasteiger partial charge in [0.05, 0.1) is 11.4 Å². The van der Waals surface area contributed by atoms with Gasteiger partial charge < -0.3 is 4.90 Å². The summed E-state index contributed by atoms with van der Waals surface area (Å²) in [6.45, 7) is 9.35. The molecular formula is C18H26N4O2S. The van der Waals surface area contributed by atoms with Crippen molar-refractivity contribution in [3.05, 3.63) is 41.2 Å². The average molecular weight is 362 g/mol. The van der Waals surface area contributed by atoms with Crippen LogP contribution in [0.3, 0.4) is 0 Å². The smallest absolute Gasteiger partial charge is 0.246 e. The van der Waals surface area contributed by atoms with Gasteiger partial charge in [0.1, 0.15) is 4.90 Å². The van der Waals surface area contributed by atoms with Gasteiger partial charge in [-0.25, -0.2) is 8.42 Å². The zero-order valence-electron chi connectivity index (χ0n) is 15.5. The highest BCUT2D eigenvalue weighted by atomic mass is 32.2. The summed E-state index contributed by atoms with van der Waals surface area (Å²) < 4.78 is 29.5. The van der Waals surface area contributed by atoms with Crippen molar-refractivity contribution < 1.29 is 8.42 Å². The van der Waals surface area contributed by atoms with Gasteiger partial charge in [-0.05, 0) is 45.4 Å². The quantitative estimate of drug-likeness (QED) is 0.840. The number of hydrogen-bond donors (Lipinski definition) is 0. The van der Waals surface area contributed by atoms with Crippen LogP contribution < -0.4 is 4.90 Å². The minimum absolute atomic E-state index is 0.114. The third-order valence-corrected chi connectivity index (χ3v) is 7.08. The van der Waals surface area contributed by atoms with Gasteiger partial charge in [-0.2, -0.15) is 9.40 Å². The molecule has 1 saturated heterocycles. The fourth-order valence-electron chi connectivity index (χ4n) is 3.59. The summed E-state index contributed by atoms with van der Waals surface area (Å²) in [5, 5.41) is 4.26. The number of aromatic nitrogens is 2. The van der Waals surface area contributed by atoms with Crippen molar-refractivity contribution in [1.29, 1.82) is 0 Å². The molecule has 0 bridgehead atoms. The van der Waals surface area contributed by atoms with Crippen LogP contribution in [0.25, 0.3) is 0 Å². The summed E-state index contributed by atoms with van der Waals surface area (Å²) in [5.41, 5.74) is 3.61. The highest BCUT2D eigenvalue weighted by molar-refractivity contribution is 7.89. The number of benzene rings is 1. The lowest BCUT2D eigenvalue weighted by Crippen LogP contribution is -2.53. The van der Waals surface area contributed by atoms with E-state index in [1.165, 1.54) is 5.56 Å². The molecule has 1 aromatic heterocycles. The maximum absolute atomic E-state index is 13.1. The monoisotopic (exact) mass is 362 g/mol. The summed E-state index contributed by atoms with van der Waals surface area (Å²) in [5.74, 6) is 0. The second-order valence-electron chi connectivity index (χ2n) is 6.87. The molecule has 1 aromatic carbocycles. The molecule has 2 aromatic rings. The summed E-state index contributed by atoms with van der Waals surface area (Å²) in [4.78, 5) is 2.63. The van der Waals surface area contributed by atoms with Gasteiger partial charge in [-0.3, -0.25) is 4.68 Å². The Labute approximate surface area is 150 Å². The van der Waals surface area contributed by atoms with Gasteiger partial charge >= 0.3 is 0 Å². The molecule has 136 valence electrons. The molecule has 2 heterocycles. The van der Waals surface area contributed by atoms with Crippen molar-refractivity contribution >= 4 is 15.7 Å². The predicted octanol–water partition coefficient (Wildman–Crippen LogP) is 2.24. The van der Waals surface area contributed by atoms with Crippen molar-refractivity contribution in [2.24, 2.45) is 7.05 Å². The van der Waals surface area contributed by atoms with Crippen LogP contribution in [-0.2, 0) is 17.1 Å². The number of anilines is 1. The maximum atomic E-state index is 13.1. The van der Waals surface area contributed by atoms with Gasteiger partial charge in [0.15, 0.2) is 0 Å². The minimum Gasteiger partial charge on any atom is -0.366 e. The van der Waals surface area contributed by atoms with Crippen LogP contribution in [0.1, 0.15) is 23.9 Å². The molecule has 0 radical (unpaired) electrons. The standard InChI is InChI=1S/C18H26N4O2S/c1-13-7-6-8-17(11-13)22-10-9-21(12-14(22)2)25(23,24)18-15(3)19-20(5)16(18)4/h6-8,11,14H,9-10,12H2,1-5H3. The molecule has 1 aliphatic rings. The summed E-state index contributed by atoms with van der Waals surface area (Å²) >= 11 is 0. The number of hydrogen-bond acceptors (Lipinski definition) is 4. The molecule has 0 aliphatic carbocycles. The highest BCUT2D eigenvalue weighted by Gasteiger charge is 2.35. The first-order chi connectivity index (χ1) is 11.7. The zero-order chi connectivity index (χ0) is 18.4. The average Bonchev–Trinajstić information content (AvgIpc) is 2.80. The molecule has 25 heavy (non-hydrogen) atoms. The molecule has 3 rings (SSSR count). The Hall–Kier alpha value is -1.86. The molecule has 0 saturated carbocycles. The Morgan fingerprint density at radius 1 is 1.16 bits per heavy atom. The van der Waals surface area contributed by atoms with Crippen LogP contribution in [0.15, 0.2) is 29.2 Å². The molecule has 0 N–H and O–H groups in total. The number of aryl methyl sites for hydroxylation is 3. The van der Waals surface area contributed by atoms with Gasteiger partial charge in [-0.15, -0.1) is 0 Å². The Morgan fingerprint density at radius 2 is 1.88 bits per heavy atom. The molecule has 6 nitrogen and oxygen atoms in total. The van der Waals surface area contributed by atoms with Crippen LogP contribution in [0, 0.1) is 20.8 Å². The number of sulfonamides is 1. The van der Waals surface area contributed by atoms with E-state index >= 15 is 0 Å². The molecule has 7 heteroatoms. The summed E-state index contributed by atoms with van der Waals surface area (Å²) in [6, 6.07) is 8.47. The molecule has 1 fully saturated rings. The Kier molecular flexibility index (Phi) is 4.64. The van der Waals surface area contributed by atoms with Crippen molar-refractivity contribution in [2.45, 2.75) is 38.6 Å². The van der Waals surface area contributed by atoms with Gasteiger partial charge in [0.2, 0.25) is 10.0 Å². The van der Waals surface area contributed by atoms with Crippen LogP contribution >= 0.6 is 0 Å². The van der Waals surface area contributed by atoms with Crippen molar-refractivity contribution in [1.82, 2.24) is 14.1 Å². The van der Waals surface area contributed by atoms with E-state index in [4.69, 9.17) is 0 Å². The number of rotatable bonds is 3. The minimum atomic E-state index is -3.53. The van der Waals surface area contributed by atoms with E-state index in [9.17, 15) is 8.42 Å². The first kappa shape index (κ1) is 17.9. The lowest BCUT2D eigenvalue weighted by Gasteiger charge is -2.40. The van der Waals surface area contributed by atoms with Gasteiger partial charge in [0.25, 0.3) is 0 Å². The second kappa shape index (κ2) is 6.46. The SMILES string of the molecule is Cc1cccc(N2CCN(S(=O)(=O)c3c(C)nn(C)c3C)CC2C)c1. The molecule has 0 amide bonds. The van der Waals surface area contributed by atoms with Gasteiger partial charge in [-0.1, -0.05) is 12.1 Å². The van der Waals surface area contributed by atoms with Crippen LogP contribution in [0.4, 0.5) is 5.69 Å². The molecule has 1 unspecified atom stereocenters. The number of nitrogens with zero attached hydrogens (tertiary/aromatic N) is 4. The van der Waals surface area contributed by atoms with Crippen LogP contribution in [0.5, 0.6) is 0 Å². The molecular weight excluding hydrogens is 336 g/mol. The van der Waals surface area contributed by atoms with E-state index < -0.39 is 10.0 Å². The highest BCUT2D eigenvalue weighted by Crippen LogP contribution is 2.27. The first-order valence-electron chi connectivity index (χ1n) is 8.55. The Bertz CT molecular complexity index is 888. The summed E-state index contributed by atoms with van der Waals surface area (Å²) in [7, 11) is -1.75. The predicted molar refractivity (Wildman–Crippen MR) is 99.4 cm³/mol. The topological polar surface area (TPSA) is 58.4 Å². The maximum Gasteiger partial charge on any atom is 0.246 e. The molecule has 1 aliphatic heterocycles. The number of piperazine rings is 1. The molecule has 0 spiro atoms. The van der Waals surface area contributed by atoms with E-state index in [0.29, 0.717) is 35.9 Å². The van der Waals surface area contributed by atoms with E-state index in [0.717, 1.165) is 5.69 Å². The van der Waals surface area contributed by atoms with Crippen LogP contribution in [-0.4, -0.2) is 48.2 Å². The second-order valence-corrected chi connectivity index (χ2v) is 8.74. The van der Waals surface area contributed by atoms with Gasteiger partial charge in [0, 0.05) is 38.4 Å². The summed E-state index contributed by atoms with van der Waals surface area (Å²) in [6.07, 6.45) is 0. The zero-order valence-corrected chi connectivity index (χ0v) is 16.3. The first-order valence-corrected chi connectivity index (χ1v) is 9.99. The third kappa shape index (κ3) is 3.18. The largest absolute Gasteiger partial charge is 0.366 e. The van der Waals surface area contributed by atoms with Crippen LogP contribution in [0.2, 0.25) is 0 Å². The Balaban J connectivity index is 1.85. The van der Waals surface area contributed by atoms with Crippen molar-refractivity contribution in [2.75, 3.05) is 24.5 Å². The lowest BCUT2D eigenvalue weighted by molar-refractivity contribution is 0.342. The van der Waals surface area contributed by atoms with Crippen molar-refractivity contribution in [3.63, 3.8) is 0 Å². The van der Waals surface area contributed by atoms with E-state index in [1.54, 1.807) is 29.9 Å². The Morgan fingerprint density at radius 3 is 2.44 bits per heavy atom. The fraction of sp³-hybridized carbons (Fsp3) is 0.500. The van der Waals surface area contributed by atoms with E-state index in [2.05, 4.69) is 42.0 Å². The van der Waals surface area contributed by atoms with Crippen molar-refractivity contribution in [3.8, 4) is 0 Å². The van der Waals surface area contributed by atoms with E-state index in [-0.39, 0.29) is 6.04 Å².